The summed E-state index contributed by atoms with van der Waals surface area (Å²) in [5, 5.41) is 21.0. The van der Waals surface area contributed by atoms with Crippen LogP contribution in [0.1, 0.15) is 25.0 Å². The van der Waals surface area contributed by atoms with Crippen molar-refractivity contribution in [2.24, 2.45) is 5.92 Å². The van der Waals surface area contributed by atoms with Crippen molar-refractivity contribution < 1.29 is 24.1 Å². The van der Waals surface area contributed by atoms with Crippen molar-refractivity contribution in [2.45, 2.75) is 19.4 Å². The third-order valence-electron chi connectivity index (χ3n) is 3.66. The van der Waals surface area contributed by atoms with E-state index in [0.717, 1.165) is 6.07 Å². The van der Waals surface area contributed by atoms with Gasteiger partial charge in [0, 0.05) is 12.3 Å². The molecule has 0 aliphatic carbocycles. The standard InChI is InChI=1S/C18H20FNO4/c1-12(9-10-21)17(13-7-8-16(22)15(19)11-13)24-18(23)20-14-5-3-2-4-6-14/h2-8,11-12,17,21-22H,9-10H2,1H3,(H,20,23)/t12-,17-/m0/s1. The van der Waals surface area contributed by atoms with Crippen molar-refractivity contribution in [2.75, 3.05) is 11.9 Å². The number of anilines is 1. The SMILES string of the molecule is C[C@@H](CCO)[C@H](OC(=O)Nc1ccccc1)c1ccc(O)c(F)c1. The molecule has 2 aromatic rings. The van der Waals surface area contributed by atoms with E-state index in [4.69, 9.17) is 9.84 Å². The molecule has 0 aliphatic rings. The van der Waals surface area contributed by atoms with Gasteiger partial charge in [-0.2, -0.15) is 0 Å². The number of phenols is 1. The van der Waals surface area contributed by atoms with Gasteiger partial charge in [0.2, 0.25) is 0 Å². The second-order valence-electron chi connectivity index (χ2n) is 5.52. The van der Waals surface area contributed by atoms with Crippen LogP contribution in [0.25, 0.3) is 0 Å². The number of aromatic hydroxyl groups is 1. The first kappa shape index (κ1) is 17.7. The quantitative estimate of drug-likeness (QED) is 0.750. The van der Waals surface area contributed by atoms with Crippen LogP contribution in [0.2, 0.25) is 0 Å². The molecular formula is C18H20FNO4. The van der Waals surface area contributed by atoms with E-state index >= 15 is 0 Å². The molecule has 3 N–H and O–H groups in total. The third kappa shape index (κ3) is 4.70. The Kier molecular flexibility index (Phi) is 6.14. The number of hydrogen-bond acceptors (Lipinski definition) is 4. The number of halogens is 1. The summed E-state index contributed by atoms with van der Waals surface area (Å²) >= 11 is 0. The van der Waals surface area contributed by atoms with Crippen LogP contribution in [-0.2, 0) is 4.74 Å². The predicted octanol–water partition coefficient (Wildman–Crippen LogP) is 3.84. The molecule has 0 spiro atoms. The summed E-state index contributed by atoms with van der Waals surface area (Å²) in [6.07, 6.45) is -1.05. The zero-order valence-corrected chi connectivity index (χ0v) is 13.3. The summed E-state index contributed by atoms with van der Waals surface area (Å²) in [4.78, 5) is 12.1. The molecule has 1 amide bonds. The van der Waals surface area contributed by atoms with Crippen molar-refractivity contribution >= 4 is 11.8 Å². The maximum atomic E-state index is 13.6. The second kappa shape index (κ2) is 8.31. The third-order valence-corrected chi connectivity index (χ3v) is 3.66. The fourth-order valence-corrected chi connectivity index (χ4v) is 2.35. The van der Waals surface area contributed by atoms with E-state index in [0.29, 0.717) is 17.7 Å². The smallest absolute Gasteiger partial charge is 0.412 e. The van der Waals surface area contributed by atoms with Crippen molar-refractivity contribution in [1.29, 1.82) is 0 Å². The predicted molar refractivity (Wildman–Crippen MR) is 88.2 cm³/mol. The van der Waals surface area contributed by atoms with Crippen LogP contribution in [0.15, 0.2) is 48.5 Å². The number of phenolic OH excluding ortho intramolecular Hbond substituents is 1. The lowest BCUT2D eigenvalue weighted by atomic mass is 9.94. The molecule has 6 heteroatoms. The molecule has 0 fully saturated rings. The molecule has 128 valence electrons. The molecule has 0 heterocycles. The number of amides is 1. The maximum absolute atomic E-state index is 13.6. The first-order chi connectivity index (χ1) is 11.5. The van der Waals surface area contributed by atoms with Gasteiger partial charge < -0.3 is 14.9 Å². The molecule has 0 aromatic heterocycles. The monoisotopic (exact) mass is 333 g/mol. The van der Waals surface area contributed by atoms with E-state index in [9.17, 15) is 14.3 Å². The van der Waals surface area contributed by atoms with E-state index in [1.807, 2.05) is 6.07 Å². The lowest BCUT2D eigenvalue weighted by Gasteiger charge is -2.24. The summed E-state index contributed by atoms with van der Waals surface area (Å²) in [6.45, 7) is 1.71. The number of carbonyl (C=O) groups is 1. The topological polar surface area (TPSA) is 78.8 Å². The number of ether oxygens (including phenoxy) is 1. The van der Waals surface area contributed by atoms with Crippen LogP contribution in [-0.4, -0.2) is 22.9 Å². The van der Waals surface area contributed by atoms with Gasteiger partial charge in [0.15, 0.2) is 11.6 Å². The molecule has 0 aliphatic heterocycles. The van der Waals surface area contributed by atoms with E-state index in [1.54, 1.807) is 31.2 Å². The van der Waals surface area contributed by atoms with Gasteiger partial charge in [0.25, 0.3) is 0 Å². The van der Waals surface area contributed by atoms with E-state index in [2.05, 4.69) is 5.32 Å². The first-order valence-electron chi connectivity index (χ1n) is 7.63. The fraction of sp³-hybridized carbons (Fsp3) is 0.278. The normalized spacial score (nSPS) is 13.1. The fourth-order valence-electron chi connectivity index (χ4n) is 2.35. The Morgan fingerprint density at radius 2 is 1.96 bits per heavy atom. The summed E-state index contributed by atoms with van der Waals surface area (Å²) in [7, 11) is 0. The molecular weight excluding hydrogens is 313 g/mol. The highest BCUT2D eigenvalue weighted by molar-refractivity contribution is 5.84. The Balaban J connectivity index is 2.16. The van der Waals surface area contributed by atoms with Gasteiger partial charge in [-0.15, -0.1) is 0 Å². The van der Waals surface area contributed by atoms with Crippen LogP contribution in [0, 0.1) is 11.7 Å². The van der Waals surface area contributed by atoms with Gasteiger partial charge in [0.05, 0.1) is 0 Å². The number of para-hydroxylation sites is 1. The summed E-state index contributed by atoms with van der Waals surface area (Å²) in [5.41, 5.74) is 0.988. The summed E-state index contributed by atoms with van der Waals surface area (Å²) < 4.78 is 19.1. The minimum atomic E-state index is -0.791. The van der Waals surface area contributed by atoms with E-state index in [1.165, 1.54) is 12.1 Å². The number of carbonyl (C=O) groups excluding carboxylic acids is 1. The lowest BCUT2D eigenvalue weighted by Crippen LogP contribution is -2.22. The van der Waals surface area contributed by atoms with Gasteiger partial charge in [-0.1, -0.05) is 31.2 Å². The highest BCUT2D eigenvalue weighted by atomic mass is 19.1. The maximum Gasteiger partial charge on any atom is 0.412 e. The van der Waals surface area contributed by atoms with Gasteiger partial charge >= 0.3 is 6.09 Å². The van der Waals surface area contributed by atoms with Crippen molar-refractivity contribution in [3.05, 3.63) is 59.9 Å². The van der Waals surface area contributed by atoms with Crippen molar-refractivity contribution in [3.8, 4) is 5.75 Å². The number of rotatable bonds is 6. The summed E-state index contributed by atoms with van der Waals surface area (Å²) in [6, 6.07) is 12.6. The highest BCUT2D eigenvalue weighted by Gasteiger charge is 2.24. The molecule has 24 heavy (non-hydrogen) atoms. The number of hydrogen-bond donors (Lipinski definition) is 3. The van der Waals surface area contributed by atoms with Crippen molar-refractivity contribution in [3.63, 3.8) is 0 Å². The molecule has 0 saturated heterocycles. The van der Waals surface area contributed by atoms with Gasteiger partial charge in [-0.05, 0) is 42.2 Å². The number of aliphatic hydroxyl groups is 1. The molecule has 5 nitrogen and oxygen atoms in total. The Bertz CT molecular complexity index is 678. The molecule has 0 radical (unpaired) electrons. The average Bonchev–Trinajstić information content (AvgIpc) is 2.56. The van der Waals surface area contributed by atoms with E-state index in [-0.39, 0.29) is 12.5 Å². The summed E-state index contributed by atoms with van der Waals surface area (Å²) in [5.74, 6) is -1.50. The van der Waals surface area contributed by atoms with Gasteiger partial charge in [-0.3, -0.25) is 5.32 Å². The molecule has 0 bridgehead atoms. The second-order valence-corrected chi connectivity index (χ2v) is 5.52. The zero-order chi connectivity index (χ0) is 17.5. The molecule has 0 saturated carbocycles. The minimum absolute atomic E-state index is 0.0815. The average molecular weight is 333 g/mol. The largest absolute Gasteiger partial charge is 0.505 e. The zero-order valence-electron chi connectivity index (χ0n) is 13.3. The van der Waals surface area contributed by atoms with Crippen LogP contribution < -0.4 is 5.32 Å². The van der Waals surface area contributed by atoms with Crippen LogP contribution in [0.3, 0.4) is 0 Å². The minimum Gasteiger partial charge on any atom is -0.505 e. The van der Waals surface area contributed by atoms with Crippen molar-refractivity contribution in [1.82, 2.24) is 0 Å². The number of aliphatic hydroxyl groups excluding tert-OH is 1. The Morgan fingerprint density at radius 1 is 1.25 bits per heavy atom. The van der Waals surface area contributed by atoms with Crippen LogP contribution in [0.5, 0.6) is 5.75 Å². The number of benzene rings is 2. The molecule has 2 aromatic carbocycles. The van der Waals surface area contributed by atoms with Crippen LogP contribution >= 0.6 is 0 Å². The molecule has 0 unspecified atom stereocenters. The molecule has 2 rings (SSSR count). The lowest BCUT2D eigenvalue weighted by molar-refractivity contribution is 0.0665. The number of nitrogens with one attached hydrogen (secondary N) is 1. The molecule has 2 atom stereocenters. The Labute approximate surface area is 139 Å². The Morgan fingerprint density at radius 3 is 2.58 bits per heavy atom. The van der Waals surface area contributed by atoms with Gasteiger partial charge in [-0.25, -0.2) is 9.18 Å². The first-order valence-corrected chi connectivity index (χ1v) is 7.63. The Hall–Kier alpha value is -2.60. The highest BCUT2D eigenvalue weighted by Crippen LogP contribution is 2.31. The van der Waals surface area contributed by atoms with Gasteiger partial charge in [0.1, 0.15) is 6.10 Å². The van der Waals surface area contributed by atoms with E-state index < -0.39 is 23.8 Å². The van der Waals surface area contributed by atoms with Crippen LogP contribution in [0.4, 0.5) is 14.9 Å².